The number of halogens is 3. The maximum atomic E-state index is 14.0. The van der Waals surface area contributed by atoms with Crippen molar-refractivity contribution in [3.8, 4) is 22.5 Å². The van der Waals surface area contributed by atoms with Crippen LogP contribution in [0, 0.1) is 28.8 Å². The van der Waals surface area contributed by atoms with Crippen LogP contribution in [0.3, 0.4) is 0 Å². The predicted octanol–water partition coefficient (Wildman–Crippen LogP) is 4.41. The number of amides is 1. The SMILES string of the molecule is N#CC(NC(=O)c1nc(-c2cccs2)n(-c2ccc(F)cc2)n1)c1ccc(F)cc1F. The number of rotatable bonds is 5. The van der Waals surface area contributed by atoms with Gasteiger partial charge in [-0.1, -0.05) is 12.1 Å². The van der Waals surface area contributed by atoms with Gasteiger partial charge in [-0.2, -0.15) is 5.26 Å². The number of thiophene rings is 1. The van der Waals surface area contributed by atoms with Crippen LogP contribution in [-0.4, -0.2) is 20.7 Å². The lowest BCUT2D eigenvalue weighted by Crippen LogP contribution is -2.29. The second-order valence-corrected chi connectivity index (χ2v) is 7.27. The van der Waals surface area contributed by atoms with Gasteiger partial charge in [0.25, 0.3) is 5.91 Å². The summed E-state index contributed by atoms with van der Waals surface area (Å²) in [5.74, 6) is -2.95. The zero-order valence-electron chi connectivity index (χ0n) is 15.6. The Morgan fingerprint density at radius 1 is 1.10 bits per heavy atom. The van der Waals surface area contributed by atoms with Gasteiger partial charge in [0.2, 0.25) is 5.82 Å². The summed E-state index contributed by atoms with van der Waals surface area (Å²) < 4.78 is 41.9. The molecule has 1 N–H and O–H groups in total. The maximum Gasteiger partial charge on any atom is 0.292 e. The van der Waals surface area contributed by atoms with E-state index in [-0.39, 0.29) is 11.4 Å². The van der Waals surface area contributed by atoms with E-state index in [9.17, 15) is 23.2 Å². The molecule has 0 radical (unpaired) electrons. The number of hydrogen-bond donors (Lipinski definition) is 1. The van der Waals surface area contributed by atoms with E-state index in [0.717, 1.165) is 12.1 Å². The first-order valence-electron chi connectivity index (χ1n) is 8.88. The normalized spacial score (nSPS) is 11.7. The van der Waals surface area contributed by atoms with Crippen molar-refractivity contribution in [1.29, 1.82) is 5.26 Å². The predicted molar refractivity (Wildman–Crippen MR) is 107 cm³/mol. The smallest absolute Gasteiger partial charge is 0.292 e. The molecular weight excluding hydrogens is 427 g/mol. The van der Waals surface area contributed by atoms with Crippen molar-refractivity contribution in [2.24, 2.45) is 0 Å². The zero-order chi connectivity index (χ0) is 22.0. The monoisotopic (exact) mass is 439 g/mol. The van der Waals surface area contributed by atoms with Crippen LogP contribution < -0.4 is 5.32 Å². The van der Waals surface area contributed by atoms with Gasteiger partial charge in [-0.25, -0.2) is 22.8 Å². The van der Waals surface area contributed by atoms with E-state index in [1.54, 1.807) is 18.2 Å². The molecule has 1 atom stereocenters. The fourth-order valence-electron chi connectivity index (χ4n) is 2.85. The highest BCUT2D eigenvalue weighted by Gasteiger charge is 2.24. The van der Waals surface area contributed by atoms with Crippen LogP contribution >= 0.6 is 11.3 Å². The Bertz CT molecular complexity index is 1280. The molecule has 31 heavy (non-hydrogen) atoms. The first-order chi connectivity index (χ1) is 15.0. The van der Waals surface area contributed by atoms with Gasteiger partial charge in [-0.05, 0) is 41.8 Å². The van der Waals surface area contributed by atoms with E-state index in [2.05, 4.69) is 15.4 Å². The molecule has 154 valence electrons. The second-order valence-electron chi connectivity index (χ2n) is 6.33. The maximum absolute atomic E-state index is 14.0. The van der Waals surface area contributed by atoms with E-state index >= 15 is 0 Å². The average Bonchev–Trinajstić information content (AvgIpc) is 3.43. The van der Waals surface area contributed by atoms with Crippen molar-refractivity contribution in [2.45, 2.75) is 6.04 Å². The molecule has 0 aliphatic rings. The Balaban J connectivity index is 1.69. The molecule has 2 heterocycles. The van der Waals surface area contributed by atoms with E-state index in [1.165, 1.54) is 40.3 Å². The van der Waals surface area contributed by atoms with E-state index < -0.39 is 29.4 Å². The number of benzene rings is 2. The Kier molecular flexibility index (Phi) is 5.51. The largest absolute Gasteiger partial charge is 0.330 e. The number of nitrogens with zero attached hydrogens (tertiary/aromatic N) is 4. The Morgan fingerprint density at radius 2 is 1.84 bits per heavy atom. The molecule has 0 aliphatic heterocycles. The number of nitrogens with one attached hydrogen (secondary N) is 1. The summed E-state index contributed by atoms with van der Waals surface area (Å²) in [5.41, 5.74) is 0.284. The van der Waals surface area contributed by atoms with E-state index in [4.69, 9.17) is 0 Å². The molecule has 1 unspecified atom stereocenters. The summed E-state index contributed by atoms with van der Waals surface area (Å²) >= 11 is 1.37. The summed E-state index contributed by atoms with van der Waals surface area (Å²) in [4.78, 5) is 17.7. The molecule has 0 saturated carbocycles. The van der Waals surface area contributed by atoms with Crippen LogP contribution in [0.5, 0.6) is 0 Å². The highest BCUT2D eigenvalue weighted by Crippen LogP contribution is 2.26. The first-order valence-corrected chi connectivity index (χ1v) is 9.76. The molecule has 10 heteroatoms. The minimum absolute atomic E-state index is 0.186. The summed E-state index contributed by atoms with van der Waals surface area (Å²) in [7, 11) is 0. The third kappa shape index (κ3) is 4.17. The highest BCUT2D eigenvalue weighted by molar-refractivity contribution is 7.13. The lowest BCUT2D eigenvalue weighted by atomic mass is 10.1. The number of aromatic nitrogens is 3. The number of hydrogen-bond acceptors (Lipinski definition) is 5. The van der Waals surface area contributed by atoms with Gasteiger partial charge in [0.15, 0.2) is 5.82 Å². The van der Waals surface area contributed by atoms with Gasteiger partial charge < -0.3 is 5.32 Å². The Labute approximate surface area is 178 Å². The molecule has 0 saturated heterocycles. The van der Waals surface area contributed by atoms with E-state index in [0.29, 0.717) is 22.5 Å². The van der Waals surface area contributed by atoms with Crippen molar-refractivity contribution in [2.75, 3.05) is 0 Å². The summed E-state index contributed by atoms with van der Waals surface area (Å²) in [6.45, 7) is 0. The summed E-state index contributed by atoms with van der Waals surface area (Å²) in [6, 6.07) is 12.1. The van der Waals surface area contributed by atoms with Crippen molar-refractivity contribution in [3.05, 3.63) is 88.8 Å². The van der Waals surface area contributed by atoms with Gasteiger partial charge in [0.05, 0.1) is 16.6 Å². The van der Waals surface area contributed by atoms with Crippen molar-refractivity contribution >= 4 is 17.2 Å². The molecule has 6 nitrogen and oxygen atoms in total. The quantitative estimate of drug-likeness (QED) is 0.499. The topological polar surface area (TPSA) is 83.6 Å². The molecule has 0 spiro atoms. The molecular formula is C21H12F3N5OS. The van der Waals surface area contributed by atoms with Crippen LogP contribution in [0.15, 0.2) is 60.0 Å². The van der Waals surface area contributed by atoms with E-state index in [1.807, 2.05) is 5.38 Å². The molecule has 1 amide bonds. The van der Waals surface area contributed by atoms with Crippen LogP contribution in [0.1, 0.15) is 22.2 Å². The molecule has 2 aromatic carbocycles. The van der Waals surface area contributed by atoms with Gasteiger partial charge >= 0.3 is 0 Å². The van der Waals surface area contributed by atoms with Gasteiger partial charge in [-0.15, -0.1) is 16.4 Å². The molecule has 4 rings (SSSR count). The molecule has 4 aromatic rings. The molecule has 2 aromatic heterocycles. The lowest BCUT2D eigenvalue weighted by Gasteiger charge is -2.11. The zero-order valence-corrected chi connectivity index (χ0v) is 16.4. The summed E-state index contributed by atoms with van der Waals surface area (Å²) in [6.07, 6.45) is 0. The number of nitriles is 1. The molecule has 0 fully saturated rings. The van der Waals surface area contributed by atoms with Crippen molar-refractivity contribution < 1.29 is 18.0 Å². The van der Waals surface area contributed by atoms with Crippen LogP contribution in [0.2, 0.25) is 0 Å². The van der Waals surface area contributed by atoms with Gasteiger partial charge in [-0.3, -0.25) is 4.79 Å². The van der Waals surface area contributed by atoms with Crippen molar-refractivity contribution in [3.63, 3.8) is 0 Å². The lowest BCUT2D eigenvalue weighted by molar-refractivity contribution is 0.0934. The fourth-order valence-corrected chi connectivity index (χ4v) is 3.55. The first kappa shape index (κ1) is 20.3. The average molecular weight is 439 g/mol. The fraction of sp³-hybridized carbons (Fsp3) is 0.0476. The van der Waals surface area contributed by atoms with Gasteiger partial charge in [0.1, 0.15) is 23.5 Å². The second kappa shape index (κ2) is 8.41. The highest BCUT2D eigenvalue weighted by atomic mass is 32.1. The van der Waals surface area contributed by atoms with Crippen LogP contribution in [0.4, 0.5) is 13.2 Å². The molecule has 0 bridgehead atoms. The van der Waals surface area contributed by atoms with Gasteiger partial charge in [0, 0.05) is 11.6 Å². The van der Waals surface area contributed by atoms with Crippen LogP contribution in [0.25, 0.3) is 16.4 Å². The third-order valence-electron chi connectivity index (χ3n) is 4.30. The molecule has 0 aliphatic carbocycles. The standard InChI is InChI=1S/C21H12F3N5OS/c22-12-3-6-14(7-4-12)29-20(18-2-1-9-31-18)27-19(28-29)21(30)26-17(11-25)15-8-5-13(23)10-16(15)24/h1-10,17H,(H,26,30). The van der Waals surface area contributed by atoms with Crippen LogP contribution in [-0.2, 0) is 0 Å². The minimum Gasteiger partial charge on any atom is -0.330 e. The van der Waals surface area contributed by atoms with Crippen molar-refractivity contribution in [1.82, 2.24) is 20.1 Å². The number of carbonyl (C=O) groups is 1. The summed E-state index contributed by atoms with van der Waals surface area (Å²) in [5, 5.41) is 17.7. The Hall–Kier alpha value is -3.97. The third-order valence-corrected chi connectivity index (χ3v) is 5.17. The number of carbonyl (C=O) groups excluding carboxylic acids is 1. The Morgan fingerprint density at radius 3 is 2.48 bits per heavy atom. The minimum atomic E-state index is -1.38.